The molecule has 3 aromatic rings. The van der Waals surface area contributed by atoms with Gasteiger partial charge in [-0.05, 0) is 44.1 Å². The van der Waals surface area contributed by atoms with Gasteiger partial charge in [-0.2, -0.15) is 4.98 Å². The number of hydrogen-bond donors (Lipinski definition) is 1. The molecule has 8 nitrogen and oxygen atoms in total. The highest BCUT2D eigenvalue weighted by Gasteiger charge is 2.31. The van der Waals surface area contributed by atoms with E-state index in [9.17, 15) is 4.79 Å². The predicted octanol–water partition coefficient (Wildman–Crippen LogP) is 2.48. The lowest BCUT2D eigenvalue weighted by molar-refractivity contribution is 0.248. The second-order valence-corrected chi connectivity index (χ2v) is 8.08. The van der Waals surface area contributed by atoms with Gasteiger partial charge < -0.3 is 14.4 Å². The van der Waals surface area contributed by atoms with Crippen LogP contribution >= 0.6 is 24.8 Å². The Morgan fingerprint density at radius 3 is 2.77 bits per heavy atom. The number of hydrogen-bond acceptors (Lipinski definition) is 7. The Bertz CT molecular complexity index is 1070. The molecule has 2 atom stereocenters. The predicted molar refractivity (Wildman–Crippen MR) is 122 cm³/mol. The van der Waals surface area contributed by atoms with Crippen LogP contribution in [0, 0.1) is 5.92 Å². The van der Waals surface area contributed by atoms with Gasteiger partial charge >= 0.3 is 0 Å². The van der Waals surface area contributed by atoms with E-state index in [0.717, 1.165) is 30.8 Å². The molecule has 5 rings (SSSR count). The fourth-order valence-electron chi connectivity index (χ4n) is 4.47. The summed E-state index contributed by atoms with van der Waals surface area (Å²) < 4.78 is 7.38. The van der Waals surface area contributed by atoms with E-state index in [1.54, 1.807) is 12.4 Å². The summed E-state index contributed by atoms with van der Waals surface area (Å²) >= 11 is 0. The van der Waals surface area contributed by atoms with Gasteiger partial charge in [0.15, 0.2) is 0 Å². The molecule has 0 aliphatic carbocycles. The van der Waals surface area contributed by atoms with Gasteiger partial charge in [0, 0.05) is 54.8 Å². The minimum atomic E-state index is 0. The summed E-state index contributed by atoms with van der Waals surface area (Å²) in [6.07, 6.45) is 4.58. The first-order valence-corrected chi connectivity index (χ1v) is 10.0. The van der Waals surface area contributed by atoms with Crippen LogP contribution in [-0.2, 0) is 19.6 Å². The zero-order valence-electron chi connectivity index (χ0n) is 17.2. The van der Waals surface area contributed by atoms with Crippen molar-refractivity contribution in [3.63, 3.8) is 0 Å². The summed E-state index contributed by atoms with van der Waals surface area (Å²) in [6, 6.07) is 7.80. The Balaban J connectivity index is 0.00000136. The molecule has 2 bridgehead atoms. The largest absolute Gasteiger partial charge is 0.338 e. The Morgan fingerprint density at radius 2 is 1.97 bits per heavy atom. The fraction of sp³-hybridized carbons (Fsp3) is 0.429. The van der Waals surface area contributed by atoms with Crippen LogP contribution in [0.25, 0.3) is 11.4 Å². The molecule has 3 aromatic heterocycles. The summed E-state index contributed by atoms with van der Waals surface area (Å²) in [5.74, 6) is 2.08. The maximum atomic E-state index is 13.1. The van der Waals surface area contributed by atoms with Crippen molar-refractivity contribution in [2.45, 2.75) is 32.0 Å². The second kappa shape index (κ2) is 9.91. The number of nitrogens with one attached hydrogen (secondary N) is 1. The van der Waals surface area contributed by atoms with Crippen molar-refractivity contribution in [1.82, 2.24) is 29.9 Å². The first kappa shape index (κ1) is 23.4. The summed E-state index contributed by atoms with van der Waals surface area (Å²) in [7, 11) is 1.96. The van der Waals surface area contributed by atoms with E-state index in [-0.39, 0.29) is 30.4 Å². The first-order chi connectivity index (χ1) is 14.2. The third-order valence-electron chi connectivity index (χ3n) is 5.84. The Kier molecular flexibility index (Phi) is 7.48. The van der Waals surface area contributed by atoms with E-state index < -0.39 is 0 Å². The number of fused-ring (bicyclic) bond motifs is 4. The smallest absolute Gasteiger partial charge is 0.255 e. The molecule has 0 amide bonds. The van der Waals surface area contributed by atoms with E-state index in [4.69, 9.17) is 4.52 Å². The highest BCUT2D eigenvalue weighted by molar-refractivity contribution is 5.85. The van der Waals surface area contributed by atoms with Crippen molar-refractivity contribution in [2.24, 2.45) is 5.92 Å². The van der Waals surface area contributed by atoms with Crippen molar-refractivity contribution in [3.8, 4) is 11.4 Å². The van der Waals surface area contributed by atoms with Crippen LogP contribution in [0.5, 0.6) is 0 Å². The van der Waals surface area contributed by atoms with Gasteiger partial charge in [-0.1, -0.05) is 11.2 Å². The maximum absolute atomic E-state index is 13.1. The van der Waals surface area contributed by atoms with Crippen LogP contribution in [0.2, 0.25) is 0 Å². The van der Waals surface area contributed by atoms with E-state index in [1.807, 2.05) is 34.7 Å². The number of aromatic nitrogens is 4. The third kappa shape index (κ3) is 4.82. The van der Waals surface area contributed by atoms with Gasteiger partial charge in [-0.3, -0.25) is 14.7 Å². The van der Waals surface area contributed by atoms with Crippen molar-refractivity contribution >= 4 is 24.8 Å². The molecule has 0 radical (unpaired) electrons. The highest BCUT2D eigenvalue weighted by atomic mass is 35.5. The monoisotopic (exact) mass is 464 g/mol. The Morgan fingerprint density at radius 1 is 1.16 bits per heavy atom. The molecule has 2 aliphatic heterocycles. The summed E-state index contributed by atoms with van der Waals surface area (Å²) in [5, 5.41) is 7.53. The minimum Gasteiger partial charge on any atom is -0.338 e. The molecule has 1 fully saturated rings. The molecule has 166 valence electrons. The molecule has 0 spiro atoms. The number of pyridine rings is 2. The Hall–Kier alpha value is -2.26. The summed E-state index contributed by atoms with van der Waals surface area (Å²) in [5.41, 5.74) is 2.97. The van der Waals surface area contributed by atoms with Crippen molar-refractivity contribution < 1.29 is 4.52 Å². The molecule has 1 N–H and O–H groups in total. The molecular weight excluding hydrogens is 439 g/mol. The highest BCUT2D eigenvalue weighted by Crippen LogP contribution is 2.31. The molecular formula is C21H26Cl2N6O2. The molecule has 10 heteroatoms. The average molecular weight is 465 g/mol. The van der Waals surface area contributed by atoms with E-state index >= 15 is 0 Å². The number of piperidine rings is 1. The summed E-state index contributed by atoms with van der Waals surface area (Å²) in [6.45, 7) is 3.80. The second-order valence-electron chi connectivity index (χ2n) is 8.08. The van der Waals surface area contributed by atoms with E-state index in [1.165, 1.54) is 12.1 Å². The molecule has 1 saturated heterocycles. The van der Waals surface area contributed by atoms with E-state index in [2.05, 4.69) is 26.5 Å². The van der Waals surface area contributed by atoms with Crippen molar-refractivity contribution in [3.05, 3.63) is 64.2 Å². The number of rotatable bonds is 5. The van der Waals surface area contributed by atoms with Gasteiger partial charge in [0.2, 0.25) is 11.7 Å². The van der Waals surface area contributed by atoms with E-state index in [0.29, 0.717) is 36.6 Å². The van der Waals surface area contributed by atoms with Crippen LogP contribution in [0.3, 0.4) is 0 Å². The molecule has 31 heavy (non-hydrogen) atoms. The lowest BCUT2D eigenvalue weighted by atomic mass is 9.84. The van der Waals surface area contributed by atoms with Crippen LogP contribution in [-0.4, -0.2) is 44.7 Å². The third-order valence-corrected chi connectivity index (χ3v) is 5.84. The number of halogens is 2. The zero-order chi connectivity index (χ0) is 19.8. The fourth-order valence-corrected chi connectivity index (χ4v) is 4.47. The molecule has 5 heterocycles. The zero-order valence-corrected chi connectivity index (χ0v) is 18.9. The van der Waals surface area contributed by atoms with Gasteiger partial charge in [0.05, 0.1) is 6.54 Å². The lowest BCUT2D eigenvalue weighted by Crippen LogP contribution is -2.45. The van der Waals surface area contributed by atoms with Crippen LogP contribution in [0.1, 0.15) is 29.5 Å². The Labute approximate surface area is 192 Å². The normalized spacial score (nSPS) is 19.3. The van der Waals surface area contributed by atoms with Gasteiger partial charge in [-0.25, -0.2) is 0 Å². The molecule has 2 aliphatic rings. The molecule has 0 unspecified atom stereocenters. The average Bonchev–Trinajstić information content (AvgIpc) is 3.20. The molecule has 0 aromatic carbocycles. The van der Waals surface area contributed by atoms with Gasteiger partial charge in [-0.15, -0.1) is 24.8 Å². The van der Waals surface area contributed by atoms with Gasteiger partial charge in [0.1, 0.15) is 0 Å². The minimum absolute atomic E-state index is 0. The van der Waals surface area contributed by atoms with Crippen LogP contribution in [0.15, 0.2) is 46.0 Å². The van der Waals surface area contributed by atoms with Crippen LogP contribution < -0.4 is 10.9 Å². The van der Waals surface area contributed by atoms with Gasteiger partial charge in [0.25, 0.3) is 5.56 Å². The molecule has 0 saturated carbocycles. The standard InChI is InChI=1S/C21H24N6O2.2ClH/c1-26(13-19-24-20(25-29-19)15-4-6-22-7-5-15)12-16-2-3-18-17-8-14(9-23-10-17)11-27(18)21(16)28;;/h2-7,14,17,23H,8-13H2,1H3;2*1H/t14-,17+;;/m0../s1. The maximum Gasteiger partial charge on any atom is 0.255 e. The summed E-state index contributed by atoms with van der Waals surface area (Å²) in [4.78, 5) is 23.6. The SMILES string of the molecule is CN(Cc1nc(-c2ccncc2)no1)Cc1ccc2n(c1=O)C[C@@H]1CNC[C@H]2C1.Cl.Cl. The lowest BCUT2D eigenvalue weighted by Gasteiger charge is -2.37. The van der Waals surface area contributed by atoms with Crippen molar-refractivity contribution in [2.75, 3.05) is 20.1 Å². The van der Waals surface area contributed by atoms with Crippen molar-refractivity contribution in [1.29, 1.82) is 0 Å². The topological polar surface area (TPSA) is 89.1 Å². The number of nitrogens with zero attached hydrogens (tertiary/aromatic N) is 5. The first-order valence-electron chi connectivity index (χ1n) is 10.0. The quantitative estimate of drug-likeness (QED) is 0.619. The van der Waals surface area contributed by atoms with Crippen LogP contribution in [0.4, 0.5) is 0 Å².